The molecule has 156 valence electrons. The Balaban J connectivity index is 1.92. The molecule has 4 aliphatic carbocycles. The first-order chi connectivity index (χ1) is 12.9. The zero-order valence-electron chi connectivity index (χ0n) is 17.1. The van der Waals surface area contributed by atoms with E-state index in [1.54, 1.807) is 0 Å². The lowest BCUT2D eigenvalue weighted by molar-refractivity contribution is -0.251. The minimum absolute atomic E-state index is 0.00267. The quantitative estimate of drug-likeness (QED) is 0.463. The molecular weight excluding hydrogens is 360 g/mol. The maximum absolute atomic E-state index is 13.5. The van der Waals surface area contributed by atoms with Crippen LogP contribution in [-0.4, -0.2) is 51.5 Å². The van der Waals surface area contributed by atoms with Crippen molar-refractivity contribution in [2.24, 2.45) is 34.0 Å². The van der Waals surface area contributed by atoms with E-state index in [0.717, 1.165) is 0 Å². The van der Waals surface area contributed by atoms with Crippen molar-refractivity contribution in [1.29, 1.82) is 0 Å². The van der Waals surface area contributed by atoms with Gasteiger partial charge in [0.25, 0.3) is 0 Å². The molecule has 4 fully saturated rings. The zero-order valence-corrected chi connectivity index (χ0v) is 17.1. The van der Waals surface area contributed by atoms with Crippen LogP contribution in [0.1, 0.15) is 53.4 Å². The lowest BCUT2D eigenvalue weighted by Crippen LogP contribution is -2.71. The highest BCUT2D eigenvalue weighted by molar-refractivity contribution is 5.85. The van der Waals surface area contributed by atoms with E-state index in [1.807, 2.05) is 20.8 Å². The Kier molecular flexibility index (Phi) is 4.22. The van der Waals surface area contributed by atoms with Crippen molar-refractivity contribution < 1.29 is 29.6 Å². The van der Waals surface area contributed by atoms with Crippen molar-refractivity contribution in [2.45, 2.75) is 77.8 Å². The largest absolute Gasteiger partial charge is 0.462 e. The van der Waals surface area contributed by atoms with Crippen LogP contribution in [0.25, 0.3) is 0 Å². The van der Waals surface area contributed by atoms with Crippen LogP contribution < -0.4 is 0 Å². The second kappa shape index (κ2) is 5.89. The van der Waals surface area contributed by atoms with E-state index < -0.39 is 52.5 Å². The van der Waals surface area contributed by atoms with Gasteiger partial charge in [0.15, 0.2) is 0 Å². The normalized spacial score (nSPS) is 52.0. The fourth-order valence-corrected chi connectivity index (χ4v) is 7.77. The van der Waals surface area contributed by atoms with E-state index in [9.17, 15) is 24.9 Å². The van der Waals surface area contributed by atoms with Crippen LogP contribution in [-0.2, 0) is 14.3 Å². The van der Waals surface area contributed by atoms with Crippen LogP contribution in [0.5, 0.6) is 0 Å². The second-order valence-electron chi connectivity index (χ2n) is 10.5. The van der Waals surface area contributed by atoms with Gasteiger partial charge in [-0.05, 0) is 24.3 Å². The molecule has 0 heterocycles. The van der Waals surface area contributed by atoms with Crippen molar-refractivity contribution in [2.75, 3.05) is 0 Å². The van der Waals surface area contributed by atoms with Crippen LogP contribution in [0.3, 0.4) is 0 Å². The summed E-state index contributed by atoms with van der Waals surface area (Å²) < 4.78 is 5.75. The first-order valence-electron chi connectivity index (χ1n) is 10.3. The molecule has 1 spiro atoms. The van der Waals surface area contributed by atoms with Gasteiger partial charge < -0.3 is 20.1 Å². The predicted octanol–water partition coefficient (Wildman–Crippen LogP) is 1.61. The number of carbonyl (C=O) groups is 2. The summed E-state index contributed by atoms with van der Waals surface area (Å²) in [5.74, 6) is -1.38. The third kappa shape index (κ3) is 2.25. The molecule has 0 saturated heterocycles. The van der Waals surface area contributed by atoms with Crippen molar-refractivity contribution in [3.63, 3.8) is 0 Å². The molecule has 6 heteroatoms. The summed E-state index contributed by atoms with van der Waals surface area (Å²) in [5.41, 5.74) is -1.69. The molecule has 9 atom stereocenters. The summed E-state index contributed by atoms with van der Waals surface area (Å²) >= 11 is 0. The second-order valence-corrected chi connectivity index (χ2v) is 10.5. The van der Waals surface area contributed by atoms with Gasteiger partial charge >= 0.3 is 5.97 Å². The number of hydrogen-bond donors (Lipinski definition) is 3. The number of ether oxygens (including phenoxy) is 1. The van der Waals surface area contributed by atoms with Crippen LogP contribution >= 0.6 is 0 Å². The summed E-state index contributed by atoms with van der Waals surface area (Å²) in [4.78, 5) is 25.4. The predicted molar refractivity (Wildman–Crippen MR) is 101 cm³/mol. The van der Waals surface area contributed by atoms with Gasteiger partial charge in [-0.15, -0.1) is 0 Å². The number of carbonyl (C=O) groups excluding carboxylic acids is 2. The lowest BCUT2D eigenvalue weighted by Gasteiger charge is -2.66. The van der Waals surface area contributed by atoms with Gasteiger partial charge in [-0.1, -0.05) is 27.4 Å². The van der Waals surface area contributed by atoms with Crippen LogP contribution in [0, 0.1) is 34.0 Å². The van der Waals surface area contributed by atoms with E-state index in [1.165, 1.54) is 6.92 Å². The zero-order chi connectivity index (χ0) is 20.8. The number of aliphatic hydroxyl groups is 3. The van der Waals surface area contributed by atoms with Crippen LogP contribution in [0.15, 0.2) is 12.2 Å². The van der Waals surface area contributed by atoms with Crippen molar-refractivity contribution in [3.8, 4) is 0 Å². The van der Waals surface area contributed by atoms with E-state index in [0.29, 0.717) is 18.4 Å². The summed E-state index contributed by atoms with van der Waals surface area (Å²) in [6.07, 6.45) is -1.58. The Hall–Kier alpha value is -1.24. The van der Waals surface area contributed by atoms with Gasteiger partial charge in [0, 0.05) is 47.8 Å². The fraction of sp³-hybridized carbons (Fsp3) is 0.818. The molecule has 0 aromatic carbocycles. The lowest BCUT2D eigenvalue weighted by atomic mass is 9.39. The summed E-state index contributed by atoms with van der Waals surface area (Å²) in [6.45, 7) is 11.1. The van der Waals surface area contributed by atoms with Crippen molar-refractivity contribution >= 4 is 11.8 Å². The van der Waals surface area contributed by atoms with E-state index >= 15 is 0 Å². The molecule has 4 aliphatic rings. The number of Topliss-reactive ketones (excluding diaryl/α,β-unsaturated/α-hetero) is 1. The Bertz CT molecular complexity index is 743. The monoisotopic (exact) mass is 392 g/mol. The Morgan fingerprint density at radius 2 is 1.79 bits per heavy atom. The Morgan fingerprint density at radius 1 is 1.14 bits per heavy atom. The fourth-order valence-electron chi connectivity index (χ4n) is 7.77. The third-order valence-electron chi connectivity index (χ3n) is 8.76. The van der Waals surface area contributed by atoms with Gasteiger partial charge in [-0.2, -0.15) is 0 Å². The van der Waals surface area contributed by atoms with E-state index in [2.05, 4.69) is 6.58 Å². The Labute approximate surface area is 166 Å². The molecule has 3 N–H and O–H groups in total. The van der Waals surface area contributed by atoms with E-state index in [4.69, 9.17) is 4.74 Å². The molecule has 0 radical (unpaired) electrons. The molecule has 0 amide bonds. The van der Waals surface area contributed by atoms with Gasteiger partial charge in [0.05, 0.1) is 18.3 Å². The number of ketones is 1. The first kappa shape index (κ1) is 20.0. The molecule has 4 rings (SSSR count). The molecule has 4 saturated carbocycles. The number of hydrogen-bond acceptors (Lipinski definition) is 6. The maximum atomic E-state index is 13.5. The molecule has 0 aliphatic heterocycles. The van der Waals surface area contributed by atoms with E-state index in [-0.39, 0.29) is 30.5 Å². The maximum Gasteiger partial charge on any atom is 0.302 e. The van der Waals surface area contributed by atoms with Crippen LogP contribution in [0.2, 0.25) is 0 Å². The first-order valence-corrected chi connectivity index (χ1v) is 10.3. The SMILES string of the molecule is C=C1[C@@H]2C[C@H](OC(C)=O)[C@@H]3[C@@](CC(=O)[C@@H]4C(C)(C)[C@@H](O)C[C@H](O)[C@]43C)(C2)[C@@H]1O. The highest BCUT2D eigenvalue weighted by Gasteiger charge is 2.74. The molecule has 28 heavy (non-hydrogen) atoms. The average Bonchev–Trinajstić information content (AvgIpc) is 2.73. The number of aliphatic hydroxyl groups excluding tert-OH is 3. The van der Waals surface area contributed by atoms with Gasteiger partial charge in [0.1, 0.15) is 11.9 Å². The minimum atomic E-state index is -0.928. The summed E-state index contributed by atoms with van der Waals surface area (Å²) in [5, 5.41) is 33.0. The van der Waals surface area contributed by atoms with Crippen molar-refractivity contribution in [1.82, 2.24) is 0 Å². The Morgan fingerprint density at radius 3 is 2.39 bits per heavy atom. The van der Waals surface area contributed by atoms with Gasteiger partial charge in [-0.3, -0.25) is 9.59 Å². The summed E-state index contributed by atoms with van der Waals surface area (Å²) in [6, 6.07) is 0. The standard InChI is InChI=1S/C22H32O6/c1-10-12-6-14(28-11(2)23)18-21(5)16(26)7-15(25)20(3,4)17(21)13(24)9-22(18,8-12)19(10)27/h12,14-19,25-27H,1,6-9H2,2-5H3/t12-,14+,15+,16+,17-,18+,19-,21-,22+/m1/s1. The number of rotatable bonds is 1. The smallest absolute Gasteiger partial charge is 0.302 e. The van der Waals surface area contributed by atoms with Crippen LogP contribution in [0.4, 0.5) is 0 Å². The molecule has 0 aromatic rings. The summed E-state index contributed by atoms with van der Waals surface area (Å²) in [7, 11) is 0. The van der Waals surface area contributed by atoms with Gasteiger partial charge in [-0.25, -0.2) is 0 Å². The van der Waals surface area contributed by atoms with Crippen molar-refractivity contribution in [3.05, 3.63) is 12.2 Å². The molecule has 2 bridgehead atoms. The highest BCUT2D eigenvalue weighted by Crippen LogP contribution is 2.71. The highest BCUT2D eigenvalue weighted by atomic mass is 16.5. The molecular formula is C22H32O6. The molecule has 0 unspecified atom stereocenters. The van der Waals surface area contributed by atoms with Gasteiger partial charge in [0.2, 0.25) is 0 Å². The third-order valence-corrected chi connectivity index (χ3v) is 8.76. The topological polar surface area (TPSA) is 104 Å². The molecule has 0 aromatic heterocycles. The minimum Gasteiger partial charge on any atom is -0.462 e. The number of fused-ring (bicyclic) bond motifs is 3. The average molecular weight is 392 g/mol. The molecule has 6 nitrogen and oxygen atoms in total. The number of esters is 1.